The largest absolute Gasteiger partial charge is 0.311 e. The van der Waals surface area contributed by atoms with Gasteiger partial charge in [0.25, 0.3) is 0 Å². The third kappa shape index (κ3) is 1.63. The summed E-state index contributed by atoms with van der Waals surface area (Å²) in [5, 5.41) is 0. The molecule has 4 heteroatoms. The third-order valence-corrected chi connectivity index (χ3v) is 4.06. The van der Waals surface area contributed by atoms with Crippen molar-refractivity contribution in [3.05, 3.63) is 24.7 Å². The molecule has 2 aromatic heterocycles. The van der Waals surface area contributed by atoms with E-state index >= 15 is 0 Å². The number of hydrogen-bond acceptors (Lipinski definition) is 3. The standard InChI is InChI=1S/C11H13N3S/c1-4-10-11(12-5-1)14(8-13-10)9-3-2-6-15-7-9/h1,4-5,8-9H,2-3,6-7H2. The fraction of sp³-hybridized carbons (Fsp3) is 0.455. The lowest BCUT2D eigenvalue weighted by molar-refractivity contribution is 0.508. The van der Waals surface area contributed by atoms with Gasteiger partial charge in [0, 0.05) is 18.0 Å². The molecule has 1 unspecified atom stereocenters. The summed E-state index contributed by atoms with van der Waals surface area (Å²) >= 11 is 2.03. The number of rotatable bonds is 1. The van der Waals surface area contributed by atoms with Gasteiger partial charge in [0.2, 0.25) is 0 Å². The first-order valence-electron chi connectivity index (χ1n) is 5.30. The molecule has 0 amide bonds. The molecule has 3 heterocycles. The Morgan fingerprint density at radius 3 is 3.27 bits per heavy atom. The van der Waals surface area contributed by atoms with Crippen molar-refractivity contribution in [3.8, 4) is 0 Å². The van der Waals surface area contributed by atoms with Gasteiger partial charge in [-0.3, -0.25) is 0 Å². The van der Waals surface area contributed by atoms with Crippen molar-refractivity contribution in [3.63, 3.8) is 0 Å². The highest BCUT2D eigenvalue weighted by Gasteiger charge is 2.17. The Balaban J connectivity index is 2.02. The fourth-order valence-corrected chi connectivity index (χ4v) is 3.21. The second-order valence-corrected chi connectivity index (χ2v) is 5.02. The monoisotopic (exact) mass is 219 g/mol. The van der Waals surface area contributed by atoms with Crippen LogP contribution in [0.4, 0.5) is 0 Å². The van der Waals surface area contributed by atoms with Crippen LogP contribution in [0.3, 0.4) is 0 Å². The average molecular weight is 219 g/mol. The summed E-state index contributed by atoms with van der Waals surface area (Å²) < 4.78 is 2.24. The van der Waals surface area contributed by atoms with Crippen molar-refractivity contribution in [2.75, 3.05) is 11.5 Å². The highest BCUT2D eigenvalue weighted by Crippen LogP contribution is 2.28. The molecule has 1 saturated heterocycles. The summed E-state index contributed by atoms with van der Waals surface area (Å²) in [5.41, 5.74) is 2.04. The van der Waals surface area contributed by atoms with Crippen LogP contribution >= 0.6 is 11.8 Å². The van der Waals surface area contributed by atoms with Crippen LogP contribution in [0.5, 0.6) is 0 Å². The summed E-state index contributed by atoms with van der Waals surface area (Å²) in [6, 6.07) is 4.55. The second-order valence-electron chi connectivity index (χ2n) is 3.87. The average Bonchev–Trinajstić information content (AvgIpc) is 2.74. The maximum Gasteiger partial charge on any atom is 0.160 e. The zero-order chi connectivity index (χ0) is 10.1. The molecule has 0 aromatic carbocycles. The van der Waals surface area contributed by atoms with Gasteiger partial charge in [0.15, 0.2) is 5.65 Å². The predicted octanol–water partition coefficient (Wildman–Crippen LogP) is 2.50. The van der Waals surface area contributed by atoms with Crippen LogP contribution in [0, 0.1) is 0 Å². The highest BCUT2D eigenvalue weighted by atomic mass is 32.2. The van der Waals surface area contributed by atoms with E-state index < -0.39 is 0 Å². The van der Waals surface area contributed by atoms with Crippen molar-refractivity contribution >= 4 is 22.9 Å². The zero-order valence-electron chi connectivity index (χ0n) is 8.47. The van der Waals surface area contributed by atoms with Gasteiger partial charge in [0.05, 0.1) is 6.33 Å². The normalized spacial score (nSPS) is 22.0. The van der Waals surface area contributed by atoms with E-state index in [0.29, 0.717) is 6.04 Å². The molecule has 3 nitrogen and oxygen atoms in total. The Hall–Kier alpha value is -1.03. The van der Waals surface area contributed by atoms with Crippen LogP contribution in [0.2, 0.25) is 0 Å². The van der Waals surface area contributed by atoms with Crippen LogP contribution in [0.1, 0.15) is 18.9 Å². The minimum absolute atomic E-state index is 0.587. The van der Waals surface area contributed by atoms with Crippen LogP contribution in [-0.4, -0.2) is 26.0 Å². The molecular formula is C11H13N3S. The van der Waals surface area contributed by atoms with Crippen molar-refractivity contribution in [1.82, 2.24) is 14.5 Å². The van der Waals surface area contributed by atoms with Gasteiger partial charge >= 0.3 is 0 Å². The molecule has 0 saturated carbocycles. The van der Waals surface area contributed by atoms with E-state index in [-0.39, 0.29) is 0 Å². The molecule has 3 rings (SSSR count). The van der Waals surface area contributed by atoms with Gasteiger partial charge in [-0.1, -0.05) is 0 Å². The van der Waals surface area contributed by atoms with E-state index in [4.69, 9.17) is 0 Å². The van der Waals surface area contributed by atoms with Gasteiger partial charge < -0.3 is 4.57 Å². The molecule has 0 radical (unpaired) electrons. The van der Waals surface area contributed by atoms with E-state index in [1.165, 1.54) is 24.3 Å². The summed E-state index contributed by atoms with van der Waals surface area (Å²) in [4.78, 5) is 8.79. The second kappa shape index (κ2) is 3.85. The zero-order valence-corrected chi connectivity index (χ0v) is 9.28. The third-order valence-electron chi connectivity index (χ3n) is 2.86. The van der Waals surface area contributed by atoms with Gasteiger partial charge in [0.1, 0.15) is 5.52 Å². The molecule has 1 fully saturated rings. The van der Waals surface area contributed by atoms with Crippen molar-refractivity contribution in [2.24, 2.45) is 0 Å². The van der Waals surface area contributed by atoms with Gasteiger partial charge in [-0.05, 0) is 30.7 Å². The van der Waals surface area contributed by atoms with Gasteiger partial charge in [-0.25, -0.2) is 9.97 Å². The molecule has 0 spiro atoms. The van der Waals surface area contributed by atoms with Crippen molar-refractivity contribution in [1.29, 1.82) is 0 Å². The summed E-state index contributed by atoms with van der Waals surface area (Å²) in [7, 11) is 0. The molecule has 1 aliphatic rings. The molecular weight excluding hydrogens is 206 g/mol. The molecule has 1 atom stereocenters. The van der Waals surface area contributed by atoms with Crippen LogP contribution in [0.15, 0.2) is 24.7 Å². The lowest BCUT2D eigenvalue weighted by Gasteiger charge is -2.22. The number of aromatic nitrogens is 3. The predicted molar refractivity (Wildman–Crippen MR) is 63.1 cm³/mol. The van der Waals surface area contributed by atoms with E-state index in [2.05, 4.69) is 14.5 Å². The van der Waals surface area contributed by atoms with Gasteiger partial charge in [-0.2, -0.15) is 11.8 Å². The molecule has 0 aliphatic carbocycles. The lowest BCUT2D eigenvalue weighted by atomic mass is 10.2. The quantitative estimate of drug-likeness (QED) is 0.738. The maximum absolute atomic E-state index is 4.41. The Labute approximate surface area is 92.9 Å². The molecule has 15 heavy (non-hydrogen) atoms. The van der Waals surface area contributed by atoms with Crippen molar-refractivity contribution < 1.29 is 0 Å². The summed E-state index contributed by atoms with van der Waals surface area (Å²) in [6.45, 7) is 0. The first-order valence-corrected chi connectivity index (χ1v) is 6.46. The van der Waals surface area contributed by atoms with Gasteiger partial charge in [-0.15, -0.1) is 0 Å². The number of hydrogen-bond donors (Lipinski definition) is 0. The molecule has 78 valence electrons. The minimum atomic E-state index is 0.587. The molecule has 0 bridgehead atoms. The number of nitrogens with zero attached hydrogens (tertiary/aromatic N) is 3. The first-order chi connectivity index (χ1) is 7.45. The number of imidazole rings is 1. The molecule has 0 N–H and O–H groups in total. The first kappa shape index (κ1) is 9.21. The fourth-order valence-electron chi connectivity index (χ4n) is 2.08. The van der Waals surface area contributed by atoms with E-state index in [9.17, 15) is 0 Å². The smallest absolute Gasteiger partial charge is 0.160 e. The summed E-state index contributed by atoms with van der Waals surface area (Å²) in [6.07, 6.45) is 6.35. The van der Waals surface area contributed by atoms with Crippen LogP contribution < -0.4 is 0 Å². The Morgan fingerprint density at radius 1 is 1.40 bits per heavy atom. The number of pyridine rings is 1. The SMILES string of the molecule is c1cnc2c(c1)ncn2C1CCCSC1. The highest BCUT2D eigenvalue weighted by molar-refractivity contribution is 7.99. The Kier molecular flexibility index (Phi) is 2.37. The van der Waals surface area contributed by atoms with Crippen LogP contribution in [-0.2, 0) is 0 Å². The van der Waals surface area contributed by atoms with Crippen LogP contribution in [0.25, 0.3) is 11.2 Å². The van der Waals surface area contributed by atoms with Crippen molar-refractivity contribution in [2.45, 2.75) is 18.9 Å². The van der Waals surface area contributed by atoms with E-state index in [1.807, 2.05) is 36.4 Å². The number of fused-ring (bicyclic) bond motifs is 1. The lowest BCUT2D eigenvalue weighted by Crippen LogP contribution is -2.15. The molecule has 2 aromatic rings. The summed E-state index contributed by atoms with van der Waals surface area (Å²) in [5.74, 6) is 2.50. The minimum Gasteiger partial charge on any atom is -0.311 e. The Morgan fingerprint density at radius 2 is 2.40 bits per heavy atom. The van der Waals surface area contributed by atoms with E-state index in [0.717, 1.165) is 11.2 Å². The Bertz CT molecular complexity index is 460. The molecule has 1 aliphatic heterocycles. The number of thioether (sulfide) groups is 1. The van der Waals surface area contributed by atoms with E-state index in [1.54, 1.807) is 0 Å². The maximum atomic E-state index is 4.41. The topological polar surface area (TPSA) is 30.7 Å².